The van der Waals surface area contributed by atoms with Crippen molar-refractivity contribution >= 4 is 12.4 Å². The second-order valence-electron chi connectivity index (χ2n) is 6.24. The second kappa shape index (κ2) is 7.45. The summed E-state index contributed by atoms with van der Waals surface area (Å²) in [7, 11) is 0. The lowest BCUT2D eigenvalue weighted by Gasteiger charge is -2.31. The molecule has 0 aliphatic heterocycles. The topological polar surface area (TPSA) is 49.8 Å². The first-order valence-electron chi connectivity index (χ1n) is 7.29. The van der Waals surface area contributed by atoms with Crippen molar-refractivity contribution in [1.82, 2.24) is 0 Å². The van der Waals surface area contributed by atoms with Gasteiger partial charge in [-0.1, -0.05) is 60.7 Å². The SMILES string of the molecule is CC(C)(N)CCC(C#N)(c1ccccc1)c1ccccc1.Cl. The molecule has 0 bridgehead atoms. The van der Waals surface area contributed by atoms with Crippen molar-refractivity contribution in [2.75, 3.05) is 0 Å². The van der Waals surface area contributed by atoms with E-state index in [-0.39, 0.29) is 17.9 Å². The van der Waals surface area contributed by atoms with E-state index in [9.17, 15) is 5.26 Å². The third-order valence-corrected chi connectivity index (χ3v) is 3.87. The smallest absolute Gasteiger partial charge is 0.107 e. The van der Waals surface area contributed by atoms with Crippen LogP contribution >= 0.6 is 12.4 Å². The lowest BCUT2D eigenvalue weighted by molar-refractivity contribution is 0.417. The third kappa shape index (κ3) is 4.10. The van der Waals surface area contributed by atoms with Crippen LogP contribution in [0.3, 0.4) is 0 Å². The van der Waals surface area contributed by atoms with Crippen LogP contribution in [0.5, 0.6) is 0 Å². The Hall–Kier alpha value is -1.82. The minimum absolute atomic E-state index is 0. The van der Waals surface area contributed by atoms with Gasteiger partial charge in [0.2, 0.25) is 0 Å². The molecule has 116 valence electrons. The Balaban J connectivity index is 0.00000242. The van der Waals surface area contributed by atoms with Crippen LogP contribution in [0.25, 0.3) is 0 Å². The van der Waals surface area contributed by atoms with Gasteiger partial charge in [-0.25, -0.2) is 0 Å². The predicted octanol–water partition coefficient (Wildman–Crippen LogP) is 4.44. The van der Waals surface area contributed by atoms with E-state index in [4.69, 9.17) is 5.73 Å². The molecule has 3 heteroatoms. The number of nitriles is 1. The largest absolute Gasteiger partial charge is 0.326 e. The Morgan fingerprint density at radius 3 is 1.59 bits per heavy atom. The molecule has 0 atom stereocenters. The average Bonchev–Trinajstić information content (AvgIpc) is 2.49. The lowest BCUT2D eigenvalue weighted by atomic mass is 9.71. The van der Waals surface area contributed by atoms with Gasteiger partial charge in [0, 0.05) is 5.54 Å². The summed E-state index contributed by atoms with van der Waals surface area (Å²) >= 11 is 0. The van der Waals surface area contributed by atoms with Crippen molar-refractivity contribution < 1.29 is 0 Å². The van der Waals surface area contributed by atoms with Gasteiger partial charge in [0.15, 0.2) is 0 Å². The van der Waals surface area contributed by atoms with Gasteiger partial charge in [0.05, 0.1) is 6.07 Å². The van der Waals surface area contributed by atoms with E-state index in [0.717, 1.165) is 17.5 Å². The summed E-state index contributed by atoms with van der Waals surface area (Å²) in [4.78, 5) is 0. The lowest BCUT2D eigenvalue weighted by Crippen LogP contribution is -2.36. The molecule has 0 spiro atoms. The fourth-order valence-electron chi connectivity index (χ4n) is 2.60. The molecule has 0 fully saturated rings. The number of hydrogen-bond donors (Lipinski definition) is 1. The number of benzene rings is 2. The fraction of sp³-hybridized carbons (Fsp3) is 0.316. The van der Waals surface area contributed by atoms with E-state index in [1.807, 2.05) is 74.5 Å². The Labute approximate surface area is 139 Å². The summed E-state index contributed by atoms with van der Waals surface area (Å²) < 4.78 is 0. The summed E-state index contributed by atoms with van der Waals surface area (Å²) in [5.74, 6) is 0. The number of nitrogens with two attached hydrogens (primary N) is 1. The molecule has 2 rings (SSSR count). The first-order chi connectivity index (χ1) is 9.98. The molecule has 0 radical (unpaired) electrons. The molecule has 0 aliphatic rings. The first-order valence-corrected chi connectivity index (χ1v) is 7.29. The highest BCUT2D eigenvalue weighted by molar-refractivity contribution is 5.85. The van der Waals surface area contributed by atoms with Crippen molar-refractivity contribution in [1.29, 1.82) is 5.26 Å². The molecule has 2 nitrogen and oxygen atoms in total. The van der Waals surface area contributed by atoms with Crippen LogP contribution in [0, 0.1) is 11.3 Å². The molecule has 0 amide bonds. The van der Waals surface area contributed by atoms with Crippen molar-refractivity contribution in [3.8, 4) is 6.07 Å². The van der Waals surface area contributed by atoms with Crippen LogP contribution in [-0.2, 0) is 5.41 Å². The summed E-state index contributed by atoms with van der Waals surface area (Å²) in [6.07, 6.45) is 1.49. The first kappa shape index (κ1) is 18.2. The molecular formula is C19H23ClN2. The van der Waals surface area contributed by atoms with Gasteiger partial charge >= 0.3 is 0 Å². The molecule has 0 heterocycles. The van der Waals surface area contributed by atoms with Gasteiger partial charge in [-0.15, -0.1) is 12.4 Å². The van der Waals surface area contributed by atoms with Gasteiger partial charge in [0.1, 0.15) is 5.41 Å². The molecule has 0 aromatic heterocycles. The Morgan fingerprint density at radius 2 is 1.27 bits per heavy atom. The molecule has 0 aliphatic carbocycles. The standard InChI is InChI=1S/C19H22N2.ClH/c1-18(2,21)13-14-19(15-20,16-9-5-3-6-10-16)17-11-7-4-8-12-17;/h3-12H,13-14,21H2,1-2H3;1H. The van der Waals surface area contributed by atoms with E-state index in [0.29, 0.717) is 6.42 Å². The fourth-order valence-corrected chi connectivity index (χ4v) is 2.60. The van der Waals surface area contributed by atoms with Gasteiger partial charge in [-0.3, -0.25) is 0 Å². The van der Waals surface area contributed by atoms with Gasteiger partial charge in [-0.2, -0.15) is 5.26 Å². The normalized spacial score (nSPS) is 11.4. The maximum absolute atomic E-state index is 9.99. The highest BCUT2D eigenvalue weighted by Crippen LogP contribution is 2.37. The highest BCUT2D eigenvalue weighted by Gasteiger charge is 2.35. The molecule has 2 N–H and O–H groups in total. The zero-order valence-corrected chi connectivity index (χ0v) is 13.9. The van der Waals surface area contributed by atoms with Crippen molar-refractivity contribution in [3.05, 3.63) is 71.8 Å². The minimum atomic E-state index is -0.640. The molecule has 22 heavy (non-hydrogen) atoms. The van der Waals surface area contributed by atoms with Crippen molar-refractivity contribution in [2.45, 2.75) is 37.6 Å². The maximum Gasteiger partial charge on any atom is 0.107 e. The summed E-state index contributed by atoms with van der Waals surface area (Å²) in [6, 6.07) is 22.6. The van der Waals surface area contributed by atoms with Gasteiger partial charge < -0.3 is 5.73 Å². The van der Waals surface area contributed by atoms with Crippen LogP contribution in [-0.4, -0.2) is 5.54 Å². The van der Waals surface area contributed by atoms with Crippen LogP contribution in [0.2, 0.25) is 0 Å². The number of halogens is 1. The Bertz CT molecular complexity index is 570. The number of rotatable bonds is 5. The van der Waals surface area contributed by atoms with E-state index >= 15 is 0 Å². The molecule has 0 unspecified atom stereocenters. The van der Waals surface area contributed by atoms with Crippen LogP contribution in [0.1, 0.15) is 37.8 Å². The van der Waals surface area contributed by atoms with E-state index < -0.39 is 5.41 Å². The monoisotopic (exact) mass is 314 g/mol. The van der Waals surface area contributed by atoms with Gasteiger partial charge in [0.25, 0.3) is 0 Å². The minimum Gasteiger partial charge on any atom is -0.326 e. The number of nitrogens with zero attached hydrogens (tertiary/aromatic N) is 1. The molecular weight excluding hydrogens is 292 g/mol. The Morgan fingerprint density at radius 1 is 0.864 bits per heavy atom. The molecule has 0 saturated heterocycles. The van der Waals surface area contributed by atoms with Crippen LogP contribution in [0.4, 0.5) is 0 Å². The summed E-state index contributed by atoms with van der Waals surface area (Å²) in [6.45, 7) is 4.01. The van der Waals surface area contributed by atoms with E-state index in [2.05, 4.69) is 6.07 Å². The zero-order chi connectivity index (χ0) is 15.3. The average molecular weight is 315 g/mol. The quantitative estimate of drug-likeness (QED) is 0.887. The molecule has 2 aromatic rings. The zero-order valence-electron chi connectivity index (χ0n) is 13.1. The van der Waals surface area contributed by atoms with E-state index in [1.165, 1.54) is 0 Å². The third-order valence-electron chi connectivity index (χ3n) is 3.87. The molecule has 2 aromatic carbocycles. The number of hydrogen-bond acceptors (Lipinski definition) is 2. The van der Waals surface area contributed by atoms with Crippen LogP contribution < -0.4 is 5.73 Å². The Kier molecular flexibility index (Phi) is 6.17. The molecule has 0 saturated carbocycles. The maximum atomic E-state index is 9.99. The summed E-state index contributed by atoms with van der Waals surface area (Å²) in [5, 5.41) is 9.99. The summed E-state index contributed by atoms with van der Waals surface area (Å²) in [5.41, 5.74) is 7.28. The van der Waals surface area contributed by atoms with Crippen LogP contribution in [0.15, 0.2) is 60.7 Å². The van der Waals surface area contributed by atoms with E-state index in [1.54, 1.807) is 0 Å². The highest BCUT2D eigenvalue weighted by atomic mass is 35.5. The predicted molar refractivity (Wildman–Crippen MR) is 94.0 cm³/mol. The van der Waals surface area contributed by atoms with Gasteiger partial charge in [-0.05, 0) is 37.8 Å². The second-order valence-corrected chi connectivity index (χ2v) is 6.24. The van der Waals surface area contributed by atoms with Crippen molar-refractivity contribution in [2.24, 2.45) is 5.73 Å². The van der Waals surface area contributed by atoms with Crippen molar-refractivity contribution in [3.63, 3.8) is 0 Å².